The molecule has 3 aliphatic rings. The van der Waals surface area contributed by atoms with Crippen molar-refractivity contribution in [3.8, 4) is 11.1 Å². The van der Waals surface area contributed by atoms with E-state index >= 15 is 0 Å². The van der Waals surface area contributed by atoms with E-state index in [0.29, 0.717) is 0 Å². The van der Waals surface area contributed by atoms with Crippen LogP contribution >= 0.6 is 22.6 Å². The molecule has 1 aromatic heterocycles. The Morgan fingerprint density at radius 1 is 0.535 bits per heavy atom. The Bertz CT molecular complexity index is 3470. The van der Waals surface area contributed by atoms with Crippen molar-refractivity contribution in [2.75, 3.05) is 14.7 Å². The molecular formula is C65H61BIN3O. The minimum absolute atomic E-state index is 0.00253. The van der Waals surface area contributed by atoms with Gasteiger partial charge in [0, 0.05) is 48.6 Å². The van der Waals surface area contributed by atoms with E-state index in [1.807, 2.05) is 0 Å². The average molecular weight is 1040 g/mol. The first kappa shape index (κ1) is 45.6. The van der Waals surface area contributed by atoms with Crippen molar-refractivity contribution in [1.29, 1.82) is 0 Å². The van der Waals surface area contributed by atoms with Gasteiger partial charge in [0.1, 0.15) is 5.58 Å². The van der Waals surface area contributed by atoms with Crippen LogP contribution in [0.25, 0.3) is 22.1 Å². The van der Waals surface area contributed by atoms with Gasteiger partial charge >= 0.3 is 0 Å². The molecule has 0 fully saturated rings. The van der Waals surface area contributed by atoms with Crippen LogP contribution in [-0.4, -0.2) is 6.71 Å². The third-order valence-corrected chi connectivity index (χ3v) is 16.8. The van der Waals surface area contributed by atoms with Gasteiger partial charge < -0.3 is 19.1 Å². The van der Waals surface area contributed by atoms with Crippen molar-refractivity contribution >= 4 is 108 Å². The number of hydrogen-bond donors (Lipinski definition) is 0. The highest BCUT2D eigenvalue weighted by Gasteiger charge is 2.49. The van der Waals surface area contributed by atoms with E-state index in [2.05, 4.69) is 282 Å². The van der Waals surface area contributed by atoms with Crippen molar-refractivity contribution in [1.82, 2.24) is 0 Å². The molecule has 0 bridgehead atoms. The molecule has 12 rings (SSSR count). The van der Waals surface area contributed by atoms with E-state index in [1.165, 1.54) is 50.0 Å². The van der Waals surface area contributed by atoms with Crippen LogP contribution in [0, 0.1) is 0 Å². The maximum absolute atomic E-state index is 7.63. The van der Waals surface area contributed by atoms with Crippen LogP contribution in [-0.2, 0) is 19.7 Å². The lowest BCUT2D eigenvalue weighted by atomic mass is 9.35. The molecule has 0 saturated carbocycles. The van der Waals surface area contributed by atoms with Crippen molar-refractivity contribution in [3.05, 3.63) is 204 Å². The molecule has 0 spiro atoms. The van der Waals surface area contributed by atoms with Crippen LogP contribution < -0.4 is 31.3 Å². The molecule has 1 aliphatic carbocycles. The summed E-state index contributed by atoms with van der Waals surface area (Å²) in [4.78, 5) is 7.58. The lowest BCUT2D eigenvalue weighted by Gasteiger charge is -2.44. The van der Waals surface area contributed by atoms with Gasteiger partial charge in [0.15, 0.2) is 0 Å². The standard InChI is InChI=1S/C65H61BIN3O/c1-62(2,3)44-30-32-47(33-31-44)69-56-38-48(68(45-23-15-11-16-24-45)46-25-17-12-18-26-46)39-57-59(56)66(61-60(69)49-40-51-52(41-58(49)71-61)65(9,67)36-35-64(51,7)8)53-34-29-43(42-21-13-10-14-22-42)37-55(53)70(57)54-28-20-19-27-50(54)63(4,5)6/h10-34,37-41H,35-36H2,1-9H3/t65-/m0/s1. The van der Waals surface area contributed by atoms with Crippen molar-refractivity contribution in [3.63, 3.8) is 0 Å². The Morgan fingerprint density at radius 2 is 1.14 bits per heavy atom. The number of alkyl halides is 1. The normalized spacial score (nSPS) is 16.8. The first-order valence-electron chi connectivity index (χ1n) is 25.4. The van der Waals surface area contributed by atoms with Gasteiger partial charge in [-0.2, -0.15) is 0 Å². The number of nitrogens with zero attached hydrogens (tertiary/aromatic N) is 3. The summed E-state index contributed by atoms with van der Waals surface area (Å²) < 4.78 is 7.62. The number of halogens is 1. The Balaban J connectivity index is 1.25. The van der Waals surface area contributed by atoms with E-state index < -0.39 is 0 Å². The molecule has 2 aliphatic heterocycles. The molecule has 9 aromatic rings. The summed E-state index contributed by atoms with van der Waals surface area (Å²) >= 11 is 2.71. The second-order valence-corrected chi connectivity index (χ2v) is 25.4. The van der Waals surface area contributed by atoms with Gasteiger partial charge in [-0.05, 0) is 153 Å². The van der Waals surface area contributed by atoms with Gasteiger partial charge in [0.05, 0.1) is 17.0 Å². The smallest absolute Gasteiger partial charge is 0.297 e. The lowest BCUT2D eigenvalue weighted by Crippen LogP contribution is -2.61. The molecule has 4 nitrogen and oxygen atoms in total. The summed E-state index contributed by atoms with van der Waals surface area (Å²) in [5, 5.41) is 1.16. The summed E-state index contributed by atoms with van der Waals surface area (Å²) in [7, 11) is 0. The predicted octanol–water partition coefficient (Wildman–Crippen LogP) is 17.0. The molecule has 71 heavy (non-hydrogen) atoms. The van der Waals surface area contributed by atoms with Gasteiger partial charge in [0.2, 0.25) is 0 Å². The third-order valence-electron chi connectivity index (χ3n) is 15.6. The lowest BCUT2D eigenvalue weighted by molar-refractivity contribution is 0.394. The number of anilines is 9. The molecule has 3 heterocycles. The number of para-hydroxylation sites is 3. The first-order chi connectivity index (χ1) is 34.0. The van der Waals surface area contributed by atoms with Gasteiger partial charge in [-0.1, -0.05) is 187 Å². The highest BCUT2D eigenvalue weighted by Crippen LogP contribution is 2.55. The second-order valence-electron chi connectivity index (χ2n) is 23.0. The fourth-order valence-corrected chi connectivity index (χ4v) is 12.5. The predicted molar refractivity (Wildman–Crippen MR) is 311 cm³/mol. The number of hydrogen-bond acceptors (Lipinski definition) is 4. The maximum Gasteiger partial charge on any atom is 0.297 e. The van der Waals surface area contributed by atoms with Gasteiger partial charge in [-0.15, -0.1) is 0 Å². The van der Waals surface area contributed by atoms with Crippen LogP contribution in [0.5, 0.6) is 0 Å². The first-order valence-corrected chi connectivity index (χ1v) is 26.4. The summed E-state index contributed by atoms with van der Waals surface area (Å²) in [5.41, 5.74) is 22.1. The average Bonchev–Trinajstić information content (AvgIpc) is 3.74. The maximum atomic E-state index is 7.63. The largest absolute Gasteiger partial charge is 0.468 e. The molecule has 0 N–H and O–H groups in total. The van der Waals surface area contributed by atoms with E-state index in [0.717, 1.165) is 75.0 Å². The molecule has 6 heteroatoms. The Kier molecular flexibility index (Phi) is 10.6. The number of benzene rings is 8. The summed E-state index contributed by atoms with van der Waals surface area (Å²) in [6.45, 7) is 21.0. The zero-order valence-electron chi connectivity index (χ0n) is 42.4. The quantitative estimate of drug-likeness (QED) is 0.0940. The molecule has 1 atom stereocenters. The van der Waals surface area contributed by atoms with Crippen LogP contribution in [0.3, 0.4) is 0 Å². The summed E-state index contributed by atoms with van der Waals surface area (Å²) in [5.74, 6) is 0. The SMILES string of the molecule is CC(C)(C)c1ccc(N2c3cc(N(c4ccccc4)c4ccccc4)cc4c3B(c3ccc(-c5ccccc5)cc3N4c3ccccc3C(C)(C)C)c3oc4cc5c(cc4c32)C(C)(C)CC[C@]5(C)I)cc1. The minimum Gasteiger partial charge on any atom is -0.468 e. The number of fused-ring (bicyclic) bond motifs is 7. The zero-order valence-corrected chi connectivity index (χ0v) is 44.6. The van der Waals surface area contributed by atoms with Crippen LogP contribution in [0.2, 0.25) is 0 Å². The number of furan rings is 1. The van der Waals surface area contributed by atoms with Crippen molar-refractivity contribution in [2.45, 2.75) is 94.8 Å². The monoisotopic (exact) mass is 1040 g/mol. The molecule has 0 amide bonds. The fraction of sp³-hybridized carbons (Fsp3) is 0.231. The van der Waals surface area contributed by atoms with Crippen LogP contribution in [0.15, 0.2) is 186 Å². The molecule has 0 unspecified atom stereocenters. The van der Waals surface area contributed by atoms with Crippen molar-refractivity contribution < 1.29 is 4.42 Å². The van der Waals surface area contributed by atoms with Crippen LogP contribution in [0.4, 0.5) is 51.2 Å². The van der Waals surface area contributed by atoms with E-state index in [1.54, 1.807) is 0 Å². The Morgan fingerprint density at radius 3 is 1.77 bits per heavy atom. The Labute approximate surface area is 434 Å². The second kappa shape index (κ2) is 16.5. The fourth-order valence-electron chi connectivity index (χ4n) is 11.8. The highest BCUT2D eigenvalue weighted by atomic mass is 127. The molecule has 0 saturated heterocycles. The topological polar surface area (TPSA) is 22.9 Å². The molecular weight excluding hydrogens is 976 g/mol. The summed E-state index contributed by atoms with van der Waals surface area (Å²) in [6.07, 6.45) is 2.24. The third kappa shape index (κ3) is 7.54. The van der Waals surface area contributed by atoms with E-state index in [-0.39, 0.29) is 26.4 Å². The zero-order chi connectivity index (χ0) is 49.2. The Hall–Kier alpha value is -6.51. The van der Waals surface area contributed by atoms with Gasteiger partial charge in [-0.25, -0.2) is 0 Å². The molecule has 352 valence electrons. The minimum atomic E-state index is -0.211. The van der Waals surface area contributed by atoms with Gasteiger partial charge in [0.25, 0.3) is 6.71 Å². The highest BCUT2D eigenvalue weighted by molar-refractivity contribution is 14.1. The molecule has 0 radical (unpaired) electrons. The van der Waals surface area contributed by atoms with Crippen LogP contribution in [0.1, 0.15) is 97.4 Å². The van der Waals surface area contributed by atoms with E-state index in [4.69, 9.17) is 4.42 Å². The van der Waals surface area contributed by atoms with Crippen molar-refractivity contribution in [2.24, 2.45) is 0 Å². The molecule has 8 aromatic carbocycles. The van der Waals surface area contributed by atoms with E-state index in [9.17, 15) is 0 Å². The summed E-state index contributed by atoms with van der Waals surface area (Å²) in [6, 6.07) is 68.0. The van der Waals surface area contributed by atoms with Gasteiger partial charge in [-0.3, -0.25) is 0 Å². The number of rotatable bonds is 6.